The second kappa shape index (κ2) is 10.8. The minimum atomic E-state index is -4.02. The van der Waals surface area contributed by atoms with E-state index >= 15 is 0 Å². The quantitative estimate of drug-likeness (QED) is 0.217. The fourth-order valence-electron chi connectivity index (χ4n) is 4.95. The van der Waals surface area contributed by atoms with Crippen molar-refractivity contribution in [2.45, 2.75) is 18.4 Å². The van der Waals surface area contributed by atoms with Crippen molar-refractivity contribution in [1.29, 1.82) is 0 Å². The second-order valence-electron chi connectivity index (χ2n) is 9.75. The standard InChI is InChI=1S/C30H28N6O6S/c1-17-8-10-20(11-9-17)43(38,39)36-13-12-21-27(33-22-7-5-6-18-16-31-29(37)25(18)22)34-30(35-28(21)36)32-19-14-23(40-2)26(42-4)24(15-19)41-3/h5-15H,16H2,1-4H3,(H,31,37)(H2,32,33,34,35). The van der Waals surface area contributed by atoms with Crippen molar-refractivity contribution in [3.8, 4) is 17.2 Å². The van der Waals surface area contributed by atoms with Gasteiger partial charge in [-0.25, -0.2) is 12.4 Å². The van der Waals surface area contributed by atoms with E-state index in [9.17, 15) is 13.2 Å². The third-order valence-electron chi connectivity index (χ3n) is 7.08. The van der Waals surface area contributed by atoms with E-state index in [1.165, 1.54) is 27.5 Å². The number of hydrogen-bond acceptors (Lipinski definition) is 10. The van der Waals surface area contributed by atoms with Crippen molar-refractivity contribution in [2.75, 3.05) is 32.0 Å². The first-order valence-corrected chi connectivity index (χ1v) is 14.6. The van der Waals surface area contributed by atoms with E-state index < -0.39 is 10.0 Å². The van der Waals surface area contributed by atoms with Crippen LogP contribution in [0.15, 0.2) is 71.8 Å². The number of nitrogens with one attached hydrogen (secondary N) is 3. The van der Waals surface area contributed by atoms with Gasteiger partial charge in [0.1, 0.15) is 5.82 Å². The van der Waals surface area contributed by atoms with Gasteiger partial charge in [-0.3, -0.25) is 4.79 Å². The number of amides is 1. The minimum Gasteiger partial charge on any atom is -0.493 e. The van der Waals surface area contributed by atoms with Gasteiger partial charge in [0.05, 0.1) is 42.9 Å². The predicted molar refractivity (Wildman–Crippen MR) is 162 cm³/mol. The van der Waals surface area contributed by atoms with Crippen LogP contribution >= 0.6 is 0 Å². The van der Waals surface area contributed by atoms with E-state index in [1.54, 1.807) is 48.5 Å². The van der Waals surface area contributed by atoms with Gasteiger partial charge in [-0.05, 0) is 36.8 Å². The number of carbonyl (C=O) groups is 1. The average Bonchev–Trinajstić information content (AvgIpc) is 3.61. The van der Waals surface area contributed by atoms with Gasteiger partial charge in [0.2, 0.25) is 11.7 Å². The summed E-state index contributed by atoms with van der Waals surface area (Å²) < 4.78 is 45.0. The smallest absolute Gasteiger partial charge is 0.269 e. The third-order valence-corrected chi connectivity index (χ3v) is 8.76. The van der Waals surface area contributed by atoms with E-state index in [2.05, 4.69) is 25.9 Å². The number of fused-ring (bicyclic) bond motifs is 2. The molecule has 1 aliphatic rings. The highest BCUT2D eigenvalue weighted by atomic mass is 32.2. The van der Waals surface area contributed by atoms with Crippen LogP contribution in [0.25, 0.3) is 11.0 Å². The van der Waals surface area contributed by atoms with Crippen molar-refractivity contribution in [1.82, 2.24) is 19.3 Å². The van der Waals surface area contributed by atoms with Crippen LogP contribution in [-0.2, 0) is 16.6 Å². The zero-order valence-corrected chi connectivity index (χ0v) is 24.6. The van der Waals surface area contributed by atoms with Crippen LogP contribution in [0.2, 0.25) is 0 Å². The van der Waals surface area contributed by atoms with E-state index in [-0.39, 0.29) is 22.4 Å². The summed E-state index contributed by atoms with van der Waals surface area (Å²) >= 11 is 0. The van der Waals surface area contributed by atoms with E-state index in [0.29, 0.717) is 51.9 Å². The monoisotopic (exact) mass is 600 g/mol. The normalized spacial score (nSPS) is 12.5. The predicted octanol–water partition coefficient (Wildman–Crippen LogP) is 4.73. The molecule has 220 valence electrons. The molecule has 2 aromatic heterocycles. The zero-order valence-electron chi connectivity index (χ0n) is 23.8. The number of benzene rings is 3. The van der Waals surface area contributed by atoms with Crippen molar-refractivity contribution < 1.29 is 27.4 Å². The molecule has 1 amide bonds. The van der Waals surface area contributed by atoms with E-state index in [0.717, 1.165) is 15.1 Å². The average molecular weight is 601 g/mol. The molecule has 13 heteroatoms. The summed E-state index contributed by atoms with van der Waals surface area (Å²) in [5.41, 5.74) is 3.43. The highest BCUT2D eigenvalue weighted by molar-refractivity contribution is 7.90. The van der Waals surface area contributed by atoms with Crippen LogP contribution in [0.5, 0.6) is 17.2 Å². The van der Waals surface area contributed by atoms with Crippen molar-refractivity contribution >= 4 is 50.1 Å². The number of ether oxygens (including phenoxy) is 3. The van der Waals surface area contributed by atoms with E-state index in [1.807, 2.05) is 19.1 Å². The number of rotatable bonds is 9. The molecule has 3 aromatic carbocycles. The molecule has 3 heterocycles. The Bertz CT molecular complexity index is 1960. The Morgan fingerprint density at radius 3 is 2.30 bits per heavy atom. The lowest BCUT2D eigenvalue weighted by molar-refractivity contribution is 0.0966. The molecule has 0 fully saturated rings. The molecule has 0 spiro atoms. The first-order chi connectivity index (χ1) is 20.7. The Kier molecular flexibility index (Phi) is 7.02. The number of carbonyl (C=O) groups excluding carboxylic acids is 1. The van der Waals surface area contributed by atoms with Gasteiger partial charge in [-0.2, -0.15) is 9.97 Å². The molecular weight excluding hydrogens is 572 g/mol. The molecule has 6 rings (SSSR count). The molecule has 3 N–H and O–H groups in total. The largest absolute Gasteiger partial charge is 0.493 e. The molecular formula is C30H28N6O6S. The molecule has 0 unspecified atom stereocenters. The fraction of sp³-hybridized carbons (Fsp3) is 0.167. The van der Waals surface area contributed by atoms with Crippen LogP contribution in [0.3, 0.4) is 0 Å². The second-order valence-corrected chi connectivity index (χ2v) is 11.6. The number of hydrogen-bond donors (Lipinski definition) is 3. The summed E-state index contributed by atoms with van der Waals surface area (Å²) in [7, 11) is 0.495. The summed E-state index contributed by atoms with van der Waals surface area (Å²) in [4.78, 5) is 22.0. The maximum Gasteiger partial charge on any atom is 0.269 e. The van der Waals surface area contributed by atoms with Gasteiger partial charge < -0.3 is 30.2 Å². The summed E-state index contributed by atoms with van der Waals surface area (Å²) in [6.07, 6.45) is 1.44. The Labute approximate surface area is 247 Å². The zero-order chi connectivity index (χ0) is 30.3. The topological polar surface area (TPSA) is 146 Å². The molecule has 0 aliphatic carbocycles. The summed E-state index contributed by atoms with van der Waals surface area (Å²) in [5, 5.41) is 9.64. The molecule has 0 saturated heterocycles. The molecule has 12 nitrogen and oxygen atoms in total. The first-order valence-electron chi connectivity index (χ1n) is 13.2. The molecule has 0 saturated carbocycles. The Balaban J connectivity index is 1.51. The van der Waals surface area contributed by atoms with Crippen LogP contribution in [0, 0.1) is 6.92 Å². The number of anilines is 4. The Morgan fingerprint density at radius 2 is 1.63 bits per heavy atom. The summed E-state index contributed by atoms with van der Waals surface area (Å²) in [6, 6.07) is 17.0. The highest BCUT2D eigenvalue weighted by Gasteiger charge is 2.26. The van der Waals surface area contributed by atoms with Gasteiger partial charge in [0.15, 0.2) is 17.1 Å². The van der Waals surface area contributed by atoms with Crippen LogP contribution < -0.4 is 30.2 Å². The number of nitrogens with zero attached hydrogens (tertiary/aromatic N) is 3. The maximum atomic E-state index is 13.8. The highest BCUT2D eigenvalue weighted by Crippen LogP contribution is 2.41. The van der Waals surface area contributed by atoms with Crippen molar-refractivity contribution in [2.24, 2.45) is 0 Å². The minimum absolute atomic E-state index is 0.0837. The van der Waals surface area contributed by atoms with Crippen LogP contribution in [-0.4, -0.2) is 49.6 Å². The van der Waals surface area contributed by atoms with Gasteiger partial charge in [-0.1, -0.05) is 29.8 Å². The molecule has 0 bridgehead atoms. The van der Waals surface area contributed by atoms with Gasteiger partial charge >= 0.3 is 0 Å². The maximum absolute atomic E-state index is 13.8. The molecule has 5 aromatic rings. The summed E-state index contributed by atoms with van der Waals surface area (Å²) in [6.45, 7) is 2.30. The fourth-order valence-corrected chi connectivity index (χ4v) is 6.25. The third kappa shape index (κ3) is 4.93. The van der Waals surface area contributed by atoms with Gasteiger partial charge in [-0.15, -0.1) is 0 Å². The number of methoxy groups -OCH3 is 3. The number of aromatic nitrogens is 3. The van der Waals surface area contributed by atoms with Crippen molar-refractivity contribution in [3.05, 3.63) is 83.6 Å². The van der Waals surface area contributed by atoms with E-state index in [4.69, 9.17) is 14.2 Å². The first kappa shape index (κ1) is 27.8. The number of aryl methyl sites for hydroxylation is 1. The summed E-state index contributed by atoms with van der Waals surface area (Å²) in [5.74, 6) is 1.38. The van der Waals surface area contributed by atoms with Crippen LogP contribution in [0.4, 0.5) is 23.1 Å². The SMILES string of the molecule is COc1cc(Nc2nc(Nc3cccc4c3C(=O)NC4)c3ccn(S(=O)(=O)c4ccc(C)cc4)c3n2)cc(OC)c1OC. The van der Waals surface area contributed by atoms with Gasteiger partial charge in [0.25, 0.3) is 15.9 Å². The Hall–Kier alpha value is -5.30. The van der Waals surface area contributed by atoms with Gasteiger partial charge in [0, 0.05) is 30.6 Å². The molecule has 0 radical (unpaired) electrons. The lowest BCUT2D eigenvalue weighted by Gasteiger charge is -2.16. The van der Waals surface area contributed by atoms with Crippen molar-refractivity contribution in [3.63, 3.8) is 0 Å². The van der Waals surface area contributed by atoms with Crippen LogP contribution in [0.1, 0.15) is 21.5 Å². The Morgan fingerprint density at radius 1 is 0.907 bits per heavy atom. The molecule has 0 atom stereocenters. The molecule has 43 heavy (non-hydrogen) atoms. The lowest BCUT2D eigenvalue weighted by atomic mass is 10.1. The molecule has 1 aliphatic heterocycles. The lowest BCUT2D eigenvalue weighted by Crippen LogP contribution is -2.14.